The maximum atomic E-state index is 13.4. The molecule has 2 amide bonds. The number of halogens is 1. The molecule has 48 heavy (non-hydrogen) atoms. The first-order chi connectivity index (χ1) is 23.2. The van der Waals surface area contributed by atoms with Gasteiger partial charge in [0.15, 0.2) is 6.73 Å². The number of carbonyl (C=O) groups is 4. The molecule has 4 rings (SSSR count). The number of amides is 2. The van der Waals surface area contributed by atoms with E-state index in [1.54, 1.807) is 57.5 Å². The number of fused-ring (bicyclic) bond motifs is 1. The molecular weight excluding hydrogens is 642 g/mol. The Morgan fingerprint density at radius 1 is 1.02 bits per heavy atom. The third-order valence-corrected chi connectivity index (χ3v) is 7.30. The standard InChI is InChI=1S/C34H36ClN5O8/c1-5-46-33(43)31-26(14-15-29(41)38-18-22-9-6-7-11-28(22)45-4)25-13-12-24(35)17-27(25)40(31)21-48-34(44)39(3)32-23(10-8-16-37-32)20-47-30(42)19-36-2/h6-17,36H,5,18-21H2,1-4H3,(H,38,41)/b15-14+. The van der Waals surface area contributed by atoms with Crippen LogP contribution in [0.4, 0.5) is 10.6 Å². The van der Waals surface area contributed by atoms with Crippen LogP contribution in [0.15, 0.2) is 66.9 Å². The molecule has 0 unspecified atom stereocenters. The van der Waals surface area contributed by atoms with Crippen molar-refractivity contribution in [2.75, 3.05) is 39.3 Å². The number of para-hydroxylation sites is 1. The molecule has 0 aliphatic carbocycles. The summed E-state index contributed by atoms with van der Waals surface area (Å²) in [5, 5.41) is 6.46. The van der Waals surface area contributed by atoms with Crippen LogP contribution in [0.2, 0.25) is 5.02 Å². The lowest BCUT2D eigenvalue weighted by Crippen LogP contribution is -2.30. The minimum absolute atomic E-state index is 0.0237. The maximum Gasteiger partial charge on any atom is 0.416 e. The molecule has 0 saturated carbocycles. The van der Waals surface area contributed by atoms with Crippen LogP contribution in [-0.2, 0) is 43.7 Å². The number of methoxy groups -OCH3 is 1. The third kappa shape index (κ3) is 8.69. The number of esters is 2. The maximum absolute atomic E-state index is 13.4. The van der Waals surface area contributed by atoms with E-state index in [-0.39, 0.29) is 37.8 Å². The lowest BCUT2D eigenvalue weighted by atomic mass is 10.1. The molecule has 2 heterocycles. The molecule has 0 aliphatic heterocycles. The summed E-state index contributed by atoms with van der Waals surface area (Å²) in [5.74, 6) is -0.728. The number of rotatable bonds is 14. The van der Waals surface area contributed by atoms with Gasteiger partial charge in [-0.25, -0.2) is 14.6 Å². The average Bonchev–Trinajstić information content (AvgIpc) is 3.40. The summed E-state index contributed by atoms with van der Waals surface area (Å²) >= 11 is 6.34. The van der Waals surface area contributed by atoms with Gasteiger partial charge in [0, 0.05) is 53.0 Å². The van der Waals surface area contributed by atoms with Crippen LogP contribution >= 0.6 is 11.6 Å². The highest BCUT2D eigenvalue weighted by Gasteiger charge is 2.25. The summed E-state index contributed by atoms with van der Waals surface area (Å²) in [6, 6.07) is 15.6. The zero-order valence-corrected chi connectivity index (χ0v) is 27.7. The predicted molar refractivity (Wildman–Crippen MR) is 180 cm³/mol. The van der Waals surface area contributed by atoms with Gasteiger partial charge in [-0.2, -0.15) is 0 Å². The van der Waals surface area contributed by atoms with Gasteiger partial charge in [0.1, 0.15) is 23.9 Å². The summed E-state index contributed by atoms with van der Waals surface area (Å²) < 4.78 is 23.1. The lowest BCUT2D eigenvalue weighted by molar-refractivity contribution is -0.143. The second kappa shape index (κ2) is 17.0. The van der Waals surface area contributed by atoms with Crippen molar-refractivity contribution in [1.29, 1.82) is 0 Å². The second-order valence-electron chi connectivity index (χ2n) is 10.2. The highest BCUT2D eigenvalue weighted by Crippen LogP contribution is 2.31. The van der Waals surface area contributed by atoms with Crippen molar-refractivity contribution in [3.05, 3.63) is 94.3 Å². The number of hydrogen-bond acceptors (Lipinski definition) is 10. The van der Waals surface area contributed by atoms with Gasteiger partial charge < -0.3 is 34.1 Å². The molecule has 2 aromatic heterocycles. The molecule has 2 N–H and O–H groups in total. The van der Waals surface area contributed by atoms with Gasteiger partial charge in [-0.3, -0.25) is 14.5 Å². The van der Waals surface area contributed by atoms with E-state index in [1.165, 1.54) is 30.0 Å². The van der Waals surface area contributed by atoms with E-state index in [0.717, 1.165) is 10.5 Å². The first kappa shape index (κ1) is 35.5. The number of hydrogen-bond donors (Lipinski definition) is 2. The second-order valence-corrected chi connectivity index (χ2v) is 10.6. The van der Waals surface area contributed by atoms with Gasteiger partial charge in [0.05, 0.1) is 25.8 Å². The number of aromatic nitrogens is 2. The van der Waals surface area contributed by atoms with Crippen LogP contribution in [0.25, 0.3) is 17.0 Å². The summed E-state index contributed by atoms with van der Waals surface area (Å²) in [4.78, 5) is 56.8. The number of pyridine rings is 1. The number of carbonyl (C=O) groups excluding carboxylic acids is 4. The quantitative estimate of drug-likeness (QED) is 0.109. The smallest absolute Gasteiger partial charge is 0.416 e. The monoisotopic (exact) mass is 677 g/mol. The van der Waals surface area contributed by atoms with Gasteiger partial charge in [-0.1, -0.05) is 41.9 Å². The largest absolute Gasteiger partial charge is 0.496 e. The van der Waals surface area contributed by atoms with Crippen LogP contribution in [0, 0.1) is 0 Å². The molecule has 0 aliphatic rings. The van der Waals surface area contributed by atoms with Crippen molar-refractivity contribution in [1.82, 2.24) is 20.2 Å². The normalized spacial score (nSPS) is 10.9. The molecule has 0 spiro atoms. The first-order valence-corrected chi connectivity index (χ1v) is 15.3. The number of anilines is 1. The Morgan fingerprint density at radius 2 is 1.79 bits per heavy atom. The molecule has 0 saturated heterocycles. The average molecular weight is 678 g/mol. The van der Waals surface area contributed by atoms with E-state index >= 15 is 0 Å². The number of likely N-dealkylation sites (N-methyl/N-ethyl adjacent to an activating group) is 1. The van der Waals surface area contributed by atoms with Gasteiger partial charge in [0.25, 0.3) is 0 Å². The van der Waals surface area contributed by atoms with Crippen LogP contribution in [0.5, 0.6) is 5.75 Å². The Balaban J connectivity index is 1.61. The summed E-state index contributed by atoms with van der Waals surface area (Å²) in [6.07, 6.45) is 3.49. The molecule has 0 radical (unpaired) electrons. The fraction of sp³-hybridized carbons (Fsp3) is 0.265. The number of ether oxygens (including phenoxy) is 4. The number of benzene rings is 2. The molecule has 2 aromatic carbocycles. The van der Waals surface area contributed by atoms with Gasteiger partial charge in [-0.15, -0.1) is 0 Å². The van der Waals surface area contributed by atoms with Crippen molar-refractivity contribution >= 4 is 58.3 Å². The molecule has 252 valence electrons. The van der Waals surface area contributed by atoms with E-state index in [0.29, 0.717) is 32.8 Å². The van der Waals surface area contributed by atoms with Crippen molar-refractivity contribution in [3.63, 3.8) is 0 Å². The Labute approximate surface area is 282 Å². The molecule has 14 heteroatoms. The highest BCUT2D eigenvalue weighted by molar-refractivity contribution is 6.31. The number of nitrogens with zero attached hydrogens (tertiary/aromatic N) is 3. The third-order valence-electron chi connectivity index (χ3n) is 7.07. The first-order valence-electron chi connectivity index (χ1n) is 14.9. The Bertz CT molecular complexity index is 1820. The highest BCUT2D eigenvalue weighted by atomic mass is 35.5. The van der Waals surface area contributed by atoms with E-state index in [9.17, 15) is 19.2 Å². The summed E-state index contributed by atoms with van der Waals surface area (Å²) in [5.41, 5.74) is 2.15. The topological polar surface area (TPSA) is 150 Å². The Hall–Kier alpha value is -5.40. The van der Waals surface area contributed by atoms with Crippen molar-refractivity contribution in [3.8, 4) is 5.75 Å². The van der Waals surface area contributed by atoms with Crippen LogP contribution in [0.1, 0.15) is 34.1 Å². The zero-order valence-electron chi connectivity index (χ0n) is 26.9. The van der Waals surface area contributed by atoms with Gasteiger partial charge in [0.2, 0.25) is 5.91 Å². The Kier molecular flexibility index (Phi) is 12.5. The van der Waals surface area contributed by atoms with Crippen molar-refractivity contribution < 1.29 is 38.1 Å². The lowest BCUT2D eigenvalue weighted by Gasteiger charge is -2.20. The van der Waals surface area contributed by atoms with Crippen LogP contribution in [0.3, 0.4) is 0 Å². The minimum atomic E-state index is -0.803. The minimum Gasteiger partial charge on any atom is -0.496 e. The van der Waals surface area contributed by atoms with Gasteiger partial charge >= 0.3 is 18.0 Å². The Morgan fingerprint density at radius 3 is 2.54 bits per heavy atom. The molecule has 13 nitrogen and oxygen atoms in total. The van der Waals surface area contributed by atoms with Crippen molar-refractivity contribution in [2.24, 2.45) is 0 Å². The van der Waals surface area contributed by atoms with Gasteiger partial charge in [-0.05, 0) is 44.3 Å². The fourth-order valence-corrected chi connectivity index (χ4v) is 4.99. The summed E-state index contributed by atoms with van der Waals surface area (Å²) in [6.45, 7) is 1.45. The fourth-order valence-electron chi connectivity index (χ4n) is 4.82. The van der Waals surface area contributed by atoms with E-state index in [1.807, 2.05) is 18.2 Å². The van der Waals surface area contributed by atoms with Crippen LogP contribution < -0.4 is 20.3 Å². The van der Waals surface area contributed by atoms with Crippen molar-refractivity contribution in [2.45, 2.75) is 26.8 Å². The van der Waals surface area contributed by atoms with Crippen LogP contribution in [-0.4, -0.2) is 67.8 Å². The van der Waals surface area contributed by atoms with E-state index in [2.05, 4.69) is 15.6 Å². The molecule has 4 aromatic rings. The van der Waals surface area contributed by atoms with E-state index < -0.39 is 30.7 Å². The molecule has 0 bridgehead atoms. The SMILES string of the molecule is CCOC(=O)c1c(/C=C/C(=O)NCc2ccccc2OC)c2ccc(Cl)cc2n1COC(=O)N(C)c1ncccc1COC(=O)CNC. The molecular formula is C34H36ClN5O8. The molecule has 0 fully saturated rings. The predicted octanol–water partition coefficient (Wildman–Crippen LogP) is 4.70. The summed E-state index contributed by atoms with van der Waals surface area (Å²) in [7, 11) is 4.63. The zero-order chi connectivity index (χ0) is 34.6. The van der Waals surface area contributed by atoms with E-state index in [4.69, 9.17) is 30.5 Å². The molecule has 0 atom stereocenters. The number of nitrogens with one attached hydrogen (secondary N) is 2.